The van der Waals surface area contributed by atoms with Crippen molar-refractivity contribution in [2.75, 3.05) is 0 Å². The molecule has 3 heteroatoms. The predicted octanol–water partition coefficient (Wildman–Crippen LogP) is 2.16. The van der Waals surface area contributed by atoms with Crippen LogP contribution < -0.4 is 0 Å². The SMILES string of the molecule is Cc1cnc2c(C(C)C)cncn12. The van der Waals surface area contributed by atoms with Gasteiger partial charge in [-0.05, 0) is 12.8 Å². The molecule has 2 heterocycles. The largest absolute Gasteiger partial charge is 0.287 e. The minimum Gasteiger partial charge on any atom is -0.287 e. The minimum absolute atomic E-state index is 0.470. The Labute approximate surface area is 77.4 Å². The molecular weight excluding hydrogens is 162 g/mol. The van der Waals surface area contributed by atoms with Crippen LogP contribution in [0.15, 0.2) is 18.7 Å². The highest BCUT2D eigenvalue weighted by Crippen LogP contribution is 2.18. The van der Waals surface area contributed by atoms with E-state index in [0.29, 0.717) is 5.92 Å². The molecule has 0 aromatic carbocycles. The van der Waals surface area contributed by atoms with Crippen LogP contribution in [0.25, 0.3) is 5.65 Å². The summed E-state index contributed by atoms with van der Waals surface area (Å²) in [5.41, 5.74) is 3.36. The molecule has 0 unspecified atom stereocenters. The highest BCUT2D eigenvalue weighted by Gasteiger charge is 2.07. The summed E-state index contributed by atoms with van der Waals surface area (Å²) in [5.74, 6) is 0.470. The molecule has 2 rings (SSSR count). The Bertz CT molecular complexity index is 429. The fourth-order valence-corrected chi connectivity index (χ4v) is 1.45. The predicted molar refractivity (Wildman–Crippen MR) is 51.8 cm³/mol. The van der Waals surface area contributed by atoms with Gasteiger partial charge in [-0.25, -0.2) is 9.97 Å². The van der Waals surface area contributed by atoms with Crippen molar-refractivity contribution in [2.24, 2.45) is 0 Å². The maximum atomic E-state index is 4.36. The molecule has 13 heavy (non-hydrogen) atoms. The van der Waals surface area contributed by atoms with Gasteiger partial charge in [0.1, 0.15) is 12.0 Å². The average molecular weight is 175 g/mol. The van der Waals surface area contributed by atoms with Gasteiger partial charge in [0.15, 0.2) is 0 Å². The molecular formula is C10H13N3. The van der Waals surface area contributed by atoms with Crippen molar-refractivity contribution < 1.29 is 0 Å². The van der Waals surface area contributed by atoms with E-state index in [-0.39, 0.29) is 0 Å². The Balaban J connectivity index is 2.77. The highest BCUT2D eigenvalue weighted by atomic mass is 15.0. The standard InChI is InChI=1S/C10H13N3/c1-7(2)9-5-11-6-13-8(3)4-12-10(9)13/h4-7H,1-3H3. The molecule has 0 atom stereocenters. The number of nitrogens with zero attached hydrogens (tertiary/aromatic N) is 3. The Morgan fingerprint density at radius 1 is 1.31 bits per heavy atom. The lowest BCUT2D eigenvalue weighted by molar-refractivity contribution is 0.846. The Hall–Kier alpha value is -1.38. The summed E-state index contributed by atoms with van der Waals surface area (Å²) in [7, 11) is 0. The average Bonchev–Trinajstić information content (AvgIpc) is 2.48. The first kappa shape index (κ1) is 8.23. The normalized spacial score (nSPS) is 11.4. The number of fused-ring (bicyclic) bond motifs is 1. The van der Waals surface area contributed by atoms with Gasteiger partial charge in [-0.15, -0.1) is 0 Å². The van der Waals surface area contributed by atoms with E-state index in [4.69, 9.17) is 0 Å². The van der Waals surface area contributed by atoms with Crippen molar-refractivity contribution in [1.82, 2.24) is 14.4 Å². The van der Waals surface area contributed by atoms with E-state index in [2.05, 4.69) is 23.8 Å². The lowest BCUT2D eigenvalue weighted by atomic mass is 10.1. The third-order valence-electron chi connectivity index (χ3n) is 2.26. The second-order valence-electron chi connectivity index (χ2n) is 3.60. The lowest BCUT2D eigenvalue weighted by Gasteiger charge is -2.05. The van der Waals surface area contributed by atoms with Gasteiger partial charge < -0.3 is 0 Å². The molecule has 2 aromatic heterocycles. The summed E-state index contributed by atoms with van der Waals surface area (Å²) in [4.78, 5) is 8.55. The van der Waals surface area contributed by atoms with E-state index < -0.39 is 0 Å². The zero-order valence-corrected chi connectivity index (χ0v) is 8.15. The van der Waals surface area contributed by atoms with Crippen LogP contribution in [0.4, 0.5) is 0 Å². The smallest absolute Gasteiger partial charge is 0.143 e. The van der Waals surface area contributed by atoms with Crippen molar-refractivity contribution in [3.8, 4) is 0 Å². The lowest BCUT2D eigenvalue weighted by Crippen LogP contribution is -1.97. The van der Waals surface area contributed by atoms with Gasteiger partial charge in [0.25, 0.3) is 0 Å². The Kier molecular flexibility index (Phi) is 1.79. The van der Waals surface area contributed by atoms with E-state index in [1.54, 1.807) is 0 Å². The summed E-state index contributed by atoms with van der Waals surface area (Å²) in [5, 5.41) is 0. The zero-order valence-electron chi connectivity index (χ0n) is 8.15. The van der Waals surface area contributed by atoms with Crippen LogP contribution in [-0.2, 0) is 0 Å². The van der Waals surface area contributed by atoms with Crippen molar-refractivity contribution in [1.29, 1.82) is 0 Å². The number of hydrogen-bond donors (Lipinski definition) is 0. The molecule has 0 aliphatic rings. The molecule has 0 saturated carbocycles. The van der Waals surface area contributed by atoms with Gasteiger partial charge in [-0.2, -0.15) is 0 Å². The van der Waals surface area contributed by atoms with Crippen molar-refractivity contribution in [2.45, 2.75) is 26.7 Å². The second kappa shape index (κ2) is 2.83. The fourth-order valence-electron chi connectivity index (χ4n) is 1.45. The van der Waals surface area contributed by atoms with Gasteiger partial charge in [0.2, 0.25) is 0 Å². The van der Waals surface area contributed by atoms with Crippen molar-refractivity contribution >= 4 is 5.65 Å². The van der Waals surface area contributed by atoms with Crippen LogP contribution in [0.3, 0.4) is 0 Å². The molecule has 0 N–H and O–H groups in total. The van der Waals surface area contributed by atoms with Gasteiger partial charge in [0.05, 0.1) is 0 Å². The molecule has 3 nitrogen and oxygen atoms in total. The van der Waals surface area contributed by atoms with Crippen LogP contribution in [0, 0.1) is 6.92 Å². The molecule has 0 aliphatic heterocycles. The van der Waals surface area contributed by atoms with Crippen LogP contribution in [0.1, 0.15) is 31.0 Å². The molecule has 0 radical (unpaired) electrons. The minimum atomic E-state index is 0.470. The number of rotatable bonds is 1. The van der Waals surface area contributed by atoms with Crippen LogP contribution >= 0.6 is 0 Å². The summed E-state index contributed by atoms with van der Waals surface area (Å²) >= 11 is 0. The zero-order chi connectivity index (χ0) is 9.42. The van der Waals surface area contributed by atoms with Gasteiger partial charge in [-0.3, -0.25) is 4.40 Å². The Morgan fingerprint density at radius 2 is 2.08 bits per heavy atom. The molecule has 0 bridgehead atoms. The summed E-state index contributed by atoms with van der Waals surface area (Å²) in [6, 6.07) is 0. The molecule has 0 saturated heterocycles. The van der Waals surface area contributed by atoms with Crippen LogP contribution in [0.5, 0.6) is 0 Å². The summed E-state index contributed by atoms with van der Waals surface area (Å²) in [6.07, 6.45) is 5.58. The van der Waals surface area contributed by atoms with Gasteiger partial charge in [-0.1, -0.05) is 13.8 Å². The van der Waals surface area contributed by atoms with E-state index in [0.717, 1.165) is 11.3 Å². The van der Waals surface area contributed by atoms with Gasteiger partial charge in [0, 0.05) is 23.7 Å². The molecule has 68 valence electrons. The summed E-state index contributed by atoms with van der Waals surface area (Å²) < 4.78 is 2.02. The quantitative estimate of drug-likeness (QED) is 0.664. The number of aromatic nitrogens is 3. The van der Waals surface area contributed by atoms with E-state index in [1.165, 1.54) is 5.56 Å². The molecule has 0 aliphatic carbocycles. The third-order valence-corrected chi connectivity index (χ3v) is 2.26. The summed E-state index contributed by atoms with van der Waals surface area (Å²) in [6.45, 7) is 6.34. The fraction of sp³-hybridized carbons (Fsp3) is 0.400. The highest BCUT2D eigenvalue weighted by molar-refractivity contribution is 5.48. The molecule has 2 aromatic rings. The van der Waals surface area contributed by atoms with Crippen molar-refractivity contribution in [3.63, 3.8) is 0 Å². The van der Waals surface area contributed by atoms with Crippen LogP contribution in [0.2, 0.25) is 0 Å². The van der Waals surface area contributed by atoms with E-state index in [9.17, 15) is 0 Å². The third kappa shape index (κ3) is 1.20. The molecule has 0 spiro atoms. The molecule has 0 amide bonds. The van der Waals surface area contributed by atoms with E-state index in [1.807, 2.05) is 30.0 Å². The second-order valence-corrected chi connectivity index (χ2v) is 3.60. The van der Waals surface area contributed by atoms with Crippen molar-refractivity contribution in [3.05, 3.63) is 30.0 Å². The molecule has 0 fully saturated rings. The van der Waals surface area contributed by atoms with E-state index >= 15 is 0 Å². The first-order chi connectivity index (χ1) is 6.20. The maximum absolute atomic E-state index is 4.36. The van der Waals surface area contributed by atoms with Gasteiger partial charge >= 0.3 is 0 Å². The maximum Gasteiger partial charge on any atom is 0.143 e. The Morgan fingerprint density at radius 3 is 2.77 bits per heavy atom. The monoisotopic (exact) mass is 175 g/mol. The van der Waals surface area contributed by atoms with Crippen LogP contribution in [-0.4, -0.2) is 14.4 Å². The number of hydrogen-bond acceptors (Lipinski definition) is 2. The number of aryl methyl sites for hydroxylation is 1. The number of imidazole rings is 1. The first-order valence-electron chi connectivity index (χ1n) is 4.47. The topological polar surface area (TPSA) is 30.2 Å². The first-order valence-corrected chi connectivity index (χ1v) is 4.47.